The molecule has 0 unspecified atom stereocenters. The molecule has 1 fully saturated rings. The van der Waals surface area contributed by atoms with Crippen LogP contribution in [-0.2, 0) is 19.1 Å². The standard InChI is InChI=1S/C29H23ClN2O5/c30-24-9-3-4-10-25(24)31-27(33)18-36-29(35)20-16-28(34)32(17-20)21-12-14-22(15-13-21)37-26-11-5-7-19-6-1-2-8-23(19)26/h1-15,20H,16-18H2,(H,31,33)/t20-/m1/s1. The lowest BCUT2D eigenvalue weighted by Gasteiger charge is -2.17. The van der Waals surface area contributed by atoms with Crippen molar-refractivity contribution < 1.29 is 23.9 Å². The van der Waals surface area contributed by atoms with E-state index < -0.39 is 24.4 Å². The Hall–Kier alpha value is -4.36. The van der Waals surface area contributed by atoms with Gasteiger partial charge in [0.1, 0.15) is 11.5 Å². The van der Waals surface area contributed by atoms with Crippen LogP contribution in [0.4, 0.5) is 11.4 Å². The summed E-state index contributed by atoms with van der Waals surface area (Å²) < 4.78 is 11.2. The van der Waals surface area contributed by atoms with Gasteiger partial charge in [-0.05, 0) is 47.9 Å². The molecule has 1 N–H and O–H groups in total. The van der Waals surface area contributed by atoms with Crippen molar-refractivity contribution in [1.29, 1.82) is 0 Å². The topological polar surface area (TPSA) is 84.9 Å². The van der Waals surface area contributed by atoms with Gasteiger partial charge >= 0.3 is 5.97 Å². The Morgan fingerprint density at radius 3 is 2.46 bits per heavy atom. The second-order valence-corrected chi connectivity index (χ2v) is 9.02. The molecule has 1 heterocycles. The van der Waals surface area contributed by atoms with Gasteiger partial charge in [-0.25, -0.2) is 0 Å². The molecule has 0 spiro atoms. The van der Waals surface area contributed by atoms with Crippen molar-refractivity contribution in [3.63, 3.8) is 0 Å². The number of benzene rings is 4. The predicted octanol–water partition coefficient (Wildman–Crippen LogP) is 5.82. The fourth-order valence-electron chi connectivity index (χ4n) is 4.22. The third-order valence-corrected chi connectivity index (χ3v) is 6.41. The predicted molar refractivity (Wildman–Crippen MR) is 142 cm³/mol. The molecule has 1 saturated heterocycles. The van der Waals surface area contributed by atoms with E-state index >= 15 is 0 Å². The van der Waals surface area contributed by atoms with Crippen LogP contribution < -0.4 is 15.0 Å². The zero-order chi connectivity index (χ0) is 25.8. The molecule has 2 amide bonds. The van der Waals surface area contributed by atoms with Gasteiger partial charge in [0.25, 0.3) is 5.91 Å². The lowest BCUT2D eigenvalue weighted by Crippen LogP contribution is -2.28. The highest BCUT2D eigenvalue weighted by Crippen LogP contribution is 2.32. The Morgan fingerprint density at radius 2 is 1.65 bits per heavy atom. The van der Waals surface area contributed by atoms with E-state index in [2.05, 4.69) is 5.32 Å². The molecule has 0 aromatic heterocycles. The molecule has 7 nitrogen and oxygen atoms in total. The van der Waals surface area contributed by atoms with E-state index in [0.717, 1.165) is 16.5 Å². The molecule has 0 saturated carbocycles. The highest BCUT2D eigenvalue weighted by Gasteiger charge is 2.36. The van der Waals surface area contributed by atoms with Crippen LogP contribution >= 0.6 is 11.6 Å². The molecule has 37 heavy (non-hydrogen) atoms. The maximum Gasteiger partial charge on any atom is 0.311 e. The minimum atomic E-state index is -0.660. The number of ether oxygens (including phenoxy) is 2. The molecule has 0 radical (unpaired) electrons. The SMILES string of the molecule is O=C(COC(=O)[C@@H]1CC(=O)N(c2ccc(Oc3cccc4ccccc34)cc2)C1)Nc1ccccc1Cl. The molecule has 0 aliphatic carbocycles. The molecule has 4 aromatic rings. The van der Waals surface area contributed by atoms with E-state index in [9.17, 15) is 14.4 Å². The van der Waals surface area contributed by atoms with Gasteiger partial charge in [-0.15, -0.1) is 0 Å². The van der Waals surface area contributed by atoms with Crippen LogP contribution in [0.2, 0.25) is 5.02 Å². The number of hydrogen-bond donors (Lipinski definition) is 1. The van der Waals surface area contributed by atoms with E-state index in [4.69, 9.17) is 21.1 Å². The normalized spacial score (nSPS) is 15.0. The Morgan fingerprint density at radius 1 is 0.919 bits per heavy atom. The Kier molecular flexibility index (Phi) is 7.05. The summed E-state index contributed by atoms with van der Waals surface area (Å²) >= 11 is 6.02. The lowest BCUT2D eigenvalue weighted by atomic mass is 10.1. The van der Waals surface area contributed by atoms with Gasteiger partial charge in [-0.2, -0.15) is 0 Å². The van der Waals surface area contributed by atoms with Crippen LogP contribution in [0.1, 0.15) is 6.42 Å². The number of hydrogen-bond acceptors (Lipinski definition) is 5. The summed E-state index contributed by atoms with van der Waals surface area (Å²) in [6.45, 7) is -0.289. The lowest BCUT2D eigenvalue weighted by molar-refractivity contribution is -0.151. The Bertz CT molecular complexity index is 1470. The first kappa shape index (κ1) is 24.3. The van der Waals surface area contributed by atoms with Gasteiger partial charge in [0.15, 0.2) is 6.61 Å². The van der Waals surface area contributed by atoms with E-state index in [1.807, 2.05) is 42.5 Å². The summed E-state index contributed by atoms with van der Waals surface area (Å²) in [4.78, 5) is 38.8. The van der Waals surface area contributed by atoms with Crippen molar-refractivity contribution >= 4 is 51.5 Å². The zero-order valence-corrected chi connectivity index (χ0v) is 20.5. The molecule has 1 aliphatic heterocycles. The number of nitrogens with one attached hydrogen (secondary N) is 1. The number of amides is 2. The van der Waals surface area contributed by atoms with Crippen LogP contribution in [0.5, 0.6) is 11.5 Å². The molecular weight excluding hydrogens is 492 g/mol. The summed E-state index contributed by atoms with van der Waals surface area (Å²) in [7, 11) is 0. The quantitative estimate of drug-likeness (QED) is 0.314. The maximum absolute atomic E-state index is 12.6. The van der Waals surface area contributed by atoms with Gasteiger partial charge < -0.3 is 19.7 Å². The number of carbonyl (C=O) groups is 3. The Balaban J connectivity index is 1.17. The third kappa shape index (κ3) is 5.57. The van der Waals surface area contributed by atoms with E-state index in [-0.39, 0.29) is 18.9 Å². The Labute approximate surface area is 218 Å². The molecule has 0 bridgehead atoms. The van der Waals surface area contributed by atoms with Crippen molar-refractivity contribution in [1.82, 2.24) is 0 Å². The van der Waals surface area contributed by atoms with E-state index in [1.54, 1.807) is 48.5 Å². The van der Waals surface area contributed by atoms with Crippen LogP contribution in [0.3, 0.4) is 0 Å². The third-order valence-electron chi connectivity index (χ3n) is 6.08. The maximum atomic E-state index is 12.6. The van der Waals surface area contributed by atoms with Crippen LogP contribution in [0.15, 0.2) is 91.0 Å². The van der Waals surface area contributed by atoms with Crippen molar-refractivity contribution in [3.05, 3.63) is 96.0 Å². The summed E-state index contributed by atoms with van der Waals surface area (Å²) in [5.74, 6) is -0.584. The van der Waals surface area contributed by atoms with Crippen molar-refractivity contribution in [2.75, 3.05) is 23.4 Å². The highest BCUT2D eigenvalue weighted by atomic mass is 35.5. The summed E-state index contributed by atoms with van der Waals surface area (Å²) in [6.07, 6.45) is 0.0131. The van der Waals surface area contributed by atoms with Crippen LogP contribution in [0.25, 0.3) is 10.8 Å². The highest BCUT2D eigenvalue weighted by molar-refractivity contribution is 6.33. The molecule has 1 atom stereocenters. The number of esters is 1. The number of fused-ring (bicyclic) bond motifs is 1. The van der Waals surface area contributed by atoms with Crippen molar-refractivity contribution in [3.8, 4) is 11.5 Å². The summed E-state index contributed by atoms with van der Waals surface area (Å²) in [5, 5.41) is 5.06. The summed E-state index contributed by atoms with van der Waals surface area (Å²) in [6, 6.07) is 27.7. The molecule has 4 aromatic carbocycles. The molecule has 8 heteroatoms. The van der Waals surface area contributed by atoms with Gasteiger partial charge in [0.05, 0.1) is 16.6 Å². The number of rotatable bonds is 7. The zero-order valence-electron chi connectivity index (χ0n) is 19.7. The average molecular weight is 515 g/mol. The van der Waals surface area contributed by atoms with Crippen molar-refractivity contribution in [2.24, 2.45) is 5.92 Å². The number of para-hydroxylation sites is 1. The van der Waals surface area contributed by atoms with E-state index in [0.29, 0.717) is 22.1 Å². The fraction of sp³-hybridized carbons (Fsp3) is 0.138. The molecule has 1 aliphatic rings. The number of anilines is 2. The first-order valence-corrected chi connectivity index (χ1v) is 12.1. The minimum Gasteiger partial charge on any atom is -0.457 e. The monoisotopic (exact) mass is 514 g/mol. The van der Waals surface area contributed by atoms with E-state index in [1.165, 1.54) is 4.90 Å². The minimum absolute atomic E-state index is 0.0131. The average Bonchev–Trinajstić information content (AvgIpc) is 3.31. The smallest absolute Gasteiger partial charge is 0.311 e. The fourth-order valence-corrected chi connectivity index (χ4v) is 4.41. The van der Waals surface area contributed by atoms with Crippen LogP contribution in [-0.4, -0.2) is 30.9 Å². The first-order chi connectivity index (χ1) is 18.0. The second-order valence-electron chi connectivity index (χ2n) is 8.61. The largest absolute Gasteiger partial charge is 0.457 e. The van der Waals surface area contributed by atoms with Crippen LogP contribution in [0, 0.1) is 5.92 Å². The second kappa shape index (κ2) is 10.7. The molecule has 5 rings (SSSR count). The number of nitrogens with zero attached hydrogens (tertiary/aromatic N) is 1. The molecular formula is C29H23ClN2O5. The summed E-state index contributed by atoms with van der Waals surface area (Å²) in [5.41, 5.74) is 1.09. The van der Waals surface area contributed by atoms with Gasteiger partial charge in [-0.1, -0.05) is 60.1 Å². The first-order valence-electron chi connectivity index (χ1n) is 11.7. The van der Waals surface area contributed by atoms with Gasteiger partial charge in [0.2, 0.25) is 5.91 Å². The molecule has 186 valence electrons. The van der Waals surface area contributed by atoms with Crippen molar-refractivity contribution in [2.45, 2.75) is 6.42 Å². The van der Waals surface area contributed by atoms with Gasteiger partial charge in [0, 0.05) is 24.0 Å². The number of halogens is 1. The number of carbonyl (C=O) groups excluding carboxylic acids is 3. The van der Waals surface area contributed by atoms with Gasteiger partial charge in [-0.3, -0.25) is 14.4 Å².